The zero-order valence-electron chi connectivity index (χ0n) is 19.1. The second-order valence-corrected chi connectivity index (χ2v) is 9.16. The number of allylic oxidation sites excluding steroid dienone is 1. The van der Waals surface area contributed by atoms with Gasteiger partial charge in [0.25, 0.3) is 0 Å². The van der Waals surface area contributed by atoms with Crippen molar-refractivity contribution in [1.29, 1.82) is 0 Å². The van der Waals surface area contributed by atoms with Crippen LogP contribution >= 0.6 is 11.6 Å². The summed E-state index contributed by atoms with van der Waals surface area (Å²) in [5.41, 5.74) is 3.88. The van der Waals surface area contributed by atoms with E-state index in [9.17, 15) is 10.0 Å². The summed E-state index contributed by atoms with van der Waals surface area (Å²) in [5, 5.41) is 18.8. The molecule has 0 radical (unpaired) electrons. The van der Waals surface area contributed by atoms with E-state index >= 15 is 0 Å². The molecule has 176 valence electrons. The molecule has 2 aliphatic heterocycles. The minimum absolute atomic E-state index is 0.0139. The van der Waals surface area contributed by atoms with Crippen LogP contribution in [0.2, 0.25) is 5.02 Å². The number of likely N-dealkylation sites (tertiary alicyclic amines) is 1. The number of pyridine rings is 1. The van der Waals surface area contributed by atoms with Gasteiger partial charge in [-0.3, -0.25) is 14.7 Å². The number of halogens is 1. The van der Waals surface area contributed by atoms with Gasteiger partial charge in [0.15, 0.2) is 5.69 Å². The van der Waals surface area contributed by atoms with Crippen LogP contribution in [0.25, 0.3) is 5.57 Å². The van der Waals surface area contributed by atoms with Crippen molar-refractivity contribution in [2.75, 3.05) is 26.2 Å². The third-order valence-corrected chi connectivity index (χ3v) is 6.70. The average molecular weight is 470 g/mol. The second kappa shape index (κ2) is 11.1. The van der Waals surface area contributed by atoms with Crippen LogP contribution in [0.15, 0.2) is 48.9 Å². The number of nitrogens with one attached hydrogen (secondary N) is 2. The van der Waals surface area contributed by atoms with Gasteiger partial charge in [0.2, 0.25) is 5.91 Å². The Balaban J connectivity index is 1.45. The minimum Gasteiger partial charge on any atom is -0.603 e. The molecule has 3 heterocycles. The predicted octanol–water partition coefficient (Wildman–Crippen LogP) is 2.94. The fourth-order valence-corrected chi connectivity index (χ4v) is 4.80. The summed E-state index contributed by atoms with van der Waals surface area (Å²) in [6, 6.07) is 10.1. The maximum Gasteiger partial charge on any atom is 0.219 e. The van der Waals surface area contributed by atoms with E-state index < -0.39 is 0 Å². The van der Waals surface area contributed by atoms with E-state index in [1.807, 2.05) is 48.5 Å². The topological polar surface area (TPSA) is 76.0 Å². The maximum absolute atomic E-state index is 13.3. The monoisotopic (exact) mass is 469 g/mol. The first kappa shape index (κ1) is 23.7. The lowest BCUT2D eigenvalue weighted by molar-refractivity contribution is -0.903. The van der Waals surface area contributed by atoms with Crippen molar-refractivity contribution in [2.24, 2.45) is 0 Å². The van der Waals surface area contributed by atoms with Gasteiger partial charge in [0, 0.05) is 42.3 Å². The quantitative estimate of drug-likeness (QED) is 0.436. The van der Waals surface area contributed by atoms with Crippen LogP contribution in [0.5, 0.6) is 0 Å². The number of rotatable bonds is 9. The van der Waals surface area contributed by atoms with E-state index in [4.69, 9.17) is 11.6 Å². The molecule has 7 nitrogen and oxygen atoms in total. The van der Waals surface area contributed by atoms with Crippen LogP contribution in [-0.4, -0.2) is 53.0 Å². The summed E-state index contributed by atoms with van der Waals surface area (Å²) in [6.07, 6.45) is 9.82. The molecule has 33 heavy (non-hydrogen) atoms. The van der Waals surface area contributed by atoms with Crippen LogP contribution < -0.4 is 10.5 Å². The van der Waals surface area contributed by atoms with Crippen molar-refractivity contribution in [3.63, 3.8) is 0 Å². The third kappa shape index (κ3) is 5.92. The highest BCUT2D eigenvalue weighted by molar-refractivity contribution is 6.30. The first-order valence-corrected chi connectivity index (χ1v) is 12.1. The molecule has 2 aliphatic rings. The normalized spacial score (nSPS) is 20.5. The Labute approximate surface area is 200 Å². The van der Waals surface area contributed by atoms with Crippen molar-refractivity contribution < 1.29 is 9.97 Å². The fraction of sp³-hybridized carbons (Fsp3) is 0.440. The first-order valence-electron chi connectivity index (χ1n) is 11.8. The van der Waals surface area contributed by atoms with Crippen LogP contribution in [0, 0.1) is 5.21 Å². The number of hydrogen-bond acceptors (Lipinski definition) is 5. The maximum atomic E-state index is 13.3. The lowest BCUT2D eigenvalue weighted by Crippen LogP contribution is -3.09. The minimum atomic E-state index is 0.0139. The Bertz CT molecular complexity index is 981. The summed E-state index contributed by atoms with van der Waals surface area (Å²) in [6.45, 7) is 5.19. The number of amides is 1. The van der Waals surface area contributed by atoms with Crippen molar-refractivity contribution in [2.45, 2.75) is 45.1 Å². The molecule has 0 bridgehead atoms. The number of carbonyl (C=O) groups excluding carboxylic acids is 1. The lowest BCUT2D eigenvalue weighted by atomic mass is 9.97. The third-order valence-electron chi connectivity index (χ3n) is 6.45. The Morgan fingerprint density at radius 2 is 2.12 bits per heavy atom. The molecule has 2 aromatic rings. The first-order chi connectivity index (χ1) is 16.0. The van der Waals surface area contributed by atoms with E-state index in [-0.39, 0.29) is 11.1 Å². The number of quaternary nitrogens is 1. The van der Waals surface area contributed by atoms with Crippen molar-refractivity contribution >= 4 is 28.8 Å². The van der Waals surface area contributed by atoms with E-state index in [1.54, 1.807) is 12.4 Å². The van der Waals surface area contributed by atoms with Crippen molar-refractivity contribution in [3.05, 3.63) is 70.3 Å². The van der Waals surface area contributed by atoms with E-state index in [0.717, 1.165) is 55.5 Å². The molecule has 0 aliphatic carbocycles. The Morgan fingerprint density at radius 1 is 1.30 bits per heavy atom. The summed E-state index contributed by atoms with van der Waals surface area (Å²) >= 11 is 6.05. The van der Waals surface area contributed by atoms with E-state index in [1.165, 1.54) is 0 Å². The summed E-state index contributed by atoms with van der Waals surface area (Å²) in [5.74, 6) is 0.0949. The molecular weight excluding hydrogens is 438 g/mol. The largest absolute Gasteiger partial charge is 0.603 e. The lowest BCUT2D eigenvalue weighted by Gasteiger charge is -2.40. The van der Waals surface area contributed by atoms with Gasteiger partial charge in [-0.25, -0.2) is 10.2 Å². The molecule has 0 saturated carbocycles. The van der Waals surface area contributed by atoms with Crippen LogP contribution in [-0.2, 0) is 11.2 Å². The molecule has 4 rings (SSSR count). The number of hydrogen-bond donors (Lipinski definition) is 2. The summed E-state index contributed by atoms with van der Waals surface area (Å²) < 4.78 is 0. The van der Waals surface area contributed by atoms with E-state index in [0.29, 0.717) is 36.3 Å². The molecule has 8 heteroatoms. The fourth-order valence-electron chi connectivity index (χ4n) is 4.67. The predicted molar refractivity (Wildman–Crippen MR) is 131 cm³/mol. The van der Waals surface area contributed by atoms with Gasteiger partial charge in [0.05, 0.1) is 18.9 Å². The Morgan fingerprint density at radius 3 is 2.91 bits per heavy atom. The van der Waals surface area contributed by atoms with Crippen LogP contribution in [0.3, 0.4) is 0 Å². The molecule has 1 unspecified atom stereocenters. The van der Waals surface area contributed by atoms with Gasteiger partial charge in [-0.2, -0.15) is 0 Å². The number of carbonyl (C=O) groups is 1. The number of fused-ring (bicyclic) bond motifs is 1. The van der Waals surface area contributed by atoms with Gasteiger partial charge < -0.3 is 10.5 Å². The molecule has 2 atom stereocenters. The number of nitrogens with zero attached hydrogens (tertiary/aromatic N) is 3. The van der Waals surface area contributed by atoms with Crippen LogP contribution in [0.1, 0.15) is 43.7 Å². The highest BCUT2D eigenvalue weighted by Crippen LogP contribution is 2.28. The Hall–Kier alpha value is -2.45. The van der Waals surface area contributed by atoms with Crippen LogP contribution in [0.4, 0.5) is 5.69 Å². The molecular formula is C25H32ClN5O2. The highest BCUT2D eigenvalue weighted by Gasteiger charge is 2.31. The number of benzene rings is 1. The second-order valence-electron chi connectivity index (χ2n) is 8.73. The van der Waals surface area contributed by atoms with Crippen molar-refractivity contribution in [3.8, 4) is 0 Å². The molecule has 2 N–H and O–H groups in total. The average Bonchev–Trinajstić information content (AvgIpc) is 3.27. The summed E-state index contributed by atoms with van der Waals surface area (Å²) in [4.78, 5) is 18.1. The van der Waals surface area contributed by atoms with Gasteiger partial charge in [0.1, 0.15) is 0 Å². The van der Waals surface area contributed by atoms with Gasteiger partial charge in [-0.05, 0) is 61.6 Å². The molecule has 1 fully saturated rings. The van der Waals surface area contributed by atoms with Gasteiger partial charge in [-0.15, -0.1) is 0 Å². The molecule has 1 amide bonds. The SMILES string of the molecule is CCC(=O)NCCCN1CCC[C@@H]1CN1C=C(Cc2ccc(Cl)cc2)c2ccncc2[NH+]1[O-]. The summed E-state index contributed by atoms with van der Waals surface area (Å²) in [7, 11) is 0. The molecule has 0 spiro atoms. The van der Waals surface area contributed by atoms with Gasteiger partial charge >= 0.3 is 0 Å². The smallest absolute Gasteiger partial charge is 0.219 e. The standard InChI is InChI=1S/C25H32ClN5O2/c1-2-25(32)28-11-4-14-29-13-3-5-22(29)18-30-17-20(15-19-6-8-21(26)9-7-19)23-10-12-27-16-24(23)31(30)33/h6-10,12,16-17,22,31H,2-5,11,13-15,18H2,1H3,(H,28,32)/t22-/m1/s1. The zero-order valence-corrected chi connectivity index (χ0v) is 19.9. The number of aromatic nitrogens is 1. The van der Waals surface area contributed by atoms with E-state index in [2.05, 4.69) is 15.2 Å². The molecule has 1 saturated heterocycles. The highest BCUT2D eigenvalue weighted by atomic mass is 35.5. The zero-order chi connectivity index (χ0) is 23.2. The Kier molecular flexibility index (Phi) is 7.98. The van der Waals surface area contributed by atoms with Gasteiger partial charge in [-0.1, -0.05) is 30.7 Å². The molecule has 1 aromatic carbocycles. The van der Waals surface area contributed by atoms with Crippen molar-refractivity contribution in [1.82, 2.24) is 20.2 Å². The molecule has 1 aromatic heterocycles.